The molecule has 0 radical (unpaired) electrons. The average molecular weight is 535 g/mol. The van der Waals surface area contributed by atoms with E-state index >= 15 is 0 Å². The molecule has 0 unspecified atom stereocenters. The molecule has 12 heteroatoms. The number of carbonyl (C=O) groups is 4. The number of alkyl carbamates (subject to hydrolysis) is 2. The van der Waals surface area contributed by atoms with Gasteiger partial charge in [-0.3, -0.25) is 25.6 Å². The smallest absolute Gasteiger partial charge is 0.414 e. The van der Waals surface area contributed by atoms with Crippen molar-refractivity contribution in [2.24, 2.45) is 0 Å². The number of anilines is 1. The van der Waals surface area contributed by atoms with Crippen molar-refractivity contribution in [2.45, 2.75) is 39.5 Å². The van der Waals surface area contributed by atoms with Crippen LogP contribution in [0, 0.1) is 5.41 Å². The van der Waals surface area contributed by atoms with Gasteiger partial charge in [0.2, 0.25) is 5.96 Å². The van der Waals surface area contributed by atoms with Gasteiger partial charge in [0.05, 0.1) is 0 Å². The van der Waals surface area contributed by atoms with Gasteiger partial charge in [-0.1, -0.05) is 48.5 Å². The summed E-state index contributed by atoms with van der Waals surface area (Å²) >= 11 is 0. The zero-order chi connectivity index (χ0) is 28.4. The standard InChI is InChI=1S/C27H30N6O6/c1-27(2,3)39-25(36)29-15-18-11-7-8-12-19(18)31-22(34)20-13-14-21(30-20)23(35)32-24(28)33-26(37)38-16-17-9-5-4-6-10-17/h4-14,30H,15-16H2,1-3H3,(H,29,36)(H,31,34)(H3,28,32,33,35,37). The molecule has 3 aromatic rings. The summed E-state index contributed by atoms with van der Waals surface area (Å²) in [5, 5.41) is 17.5. The Morgan fingerprint density at radius 1 is 0.821 bits per heavy atom. The zero-order valence-electron chi connectivity index (χ0n) is 21.7. The maximum atomic E-state index is 12.8. The van der Waals surface area contributed by atoms with Crippen molar-refractivity contribution in [3.63, 3.8) is 0 Å². The fourth-order valence-electron chi connectivity index (χ4n) is 3.20. The lowest BCUT2D eigenvalue weighted by molar-refractivity contribution is 0.0523. The first-order valence-electron chi connectivity index (χ1n) is 11.9. The van der Waals surface area contributed by atoms with Crippen molar-refractivity contribution in [2.75, 3.05) is 5.32 Å². The molecule has 0 fully saturated rings. The van der Waals surface area contributed by atoms with Gasteiger partial charge in [0.25, 0.3) is 11.8 Å². The van der Waals surface area contributed by atoms with E-state index in [0.29, 0.717) is 11.3 Å². The quantitative estimate of drug-likeness (QED) is 0.198. The normalized spacial score (nSPS) is 10.6. The topological polar surface area (TPSA) is 174 Å². The summed E-state index contributed by atoms with van der Waals surface area (Å²) < 4.78 is 10.2. The molecule has 0 atom stereocenters. The van der Waals surface area contributed by atoms with Gasteiger partial charge in [-0.2, -0.15) is 0 Å². The third kappa shape index (κ3) is 9.35. The molecule has 1 heterocycles. The largest absolute Gasteiger partial charge is 0.444 e. The molecule has 0 saturated heterocycles. The van der Waals surface area contributed by atoms with Crippen LogP contribution in [-0.2, 0) is 22.6 Å². The summed E-state index contributed by atoms with van der Waals surface area (Å²) in [5.74, 6) is -1.87. The van der Waals surface area contributed by atoms with E-state index in [1.807, 2.05) is 6.07 Å². The van der Waals surface area contributed by atoms with E-state index in [1.165, 1.54) is 12.1 Å². The Morgan fingerprint density at radius 2 is 1.46 bits per heavy atom. The second-order valence-electron chi connectivity index (χ2n) is 9.27. The number of H-pyrrole nitrogens is 1. The number of guanidine groups is 1. The number of amides is 4. The molecule has 204 valence electrons. The Morgan fingerprint density at radius 3 is 2.15 bits per heavy atom. The van der Waals surface area contributed by atoms with Crippen LogP contribution in [0.2, 0.25) is 0 Å². The molecule has 4 amide bonds. The van der Waals surface area contributed by atoms with Gasteiger partial charge >= 0.3 is 12.2 Å². The Kier molecular flexibility index (Phi) is 9.41. The van der Waals surface area contributed by atoms with E-state index in [0.717, 1.165) is 5.56 Å². The van der Waals surface area contributed by atoms with Crippen molar-refractivity contribution in [1.29, 1.82) is 5.41 Å². The molecule has 3 rings (SSSR count). The van der Waals surface area contributed by atoms with E-state index in [4.69, 9.17) is 14.9 Å². The number of hydrogen-bond donors (Lipinski definition) is 6. The van der Waals surface area contributed by atoms with Crippen LogP contribution in [0.15, 0.2) is 66.7 Å². The summed E-state index contributed by atoms with van der Waals surface area (Å²) in [5.41, 5.74) is 1.29. The highest BCUT2D eigenvalue weighted by atomic mass is 16.6. The van der Waals surface area contributed by atoms with Gasteiger partial charge in [0, 0.05) is 12.2 Å². The first-order valence-corrected chi connectivity index (χ1v) is 11.9. The van der Waals surface area contributed by atoms with Crippen LogP contribution in [0.5, 0.6) is 0 Å². The minimum atomic E-state index is -0.907. The van der Waals surface area contributed by atoms with Gasteiger partial charge < -0.3 is 25.1 Å². The van der Waals surface area contributed by atoms with Crippen molar-refractivity contribution in [1.82, 2.24) is 20.9 Å². The fraction of sp³-hybridized carbons (Fsp3) is 0.222. The molecule has 6 N–H and O–H groups in total. The second-order valence-corrected chi connectivity index (χ2v) is 9.27. The number of para-hydroxylation sites is 1. The van der Waals surface area contributed by atoms with Crippen LogP contribution < -0.4 is 21.3 Å². The van der Waals surface area contributed by atoms with Gasteiger partial charge in [0.15, 0.2) is 0 Å². The van der Waals surface area contributed by atoms with Gasteiger partial charge in [0.1, 0.15) is 23.6 Å². The predicted octanol–water partition coefficient (Wildman–Crippen LogP) is 3.88. The highest BCUT2D eigenvalue weighted by molar-refractivity contribution is 6.09. The number of carbonyl (C=O) groups excluding carboxylic acids is 4. The lowest BCUT2D eigenvalue weighted by Gasteiger charge is -2.20. The van der Waals surface area contributed by atoms with Crippen LogP contribution in [0.3, 0.4) is 0 Å². The predicted molar refractivity (Wildman–Crippen MR) is 143 cm³/mol. The third-order valence-corrected chi connectivity index (χ3v) is 4.94. The monoisotopic (exact) mass is 534 g/mol. The third-order valence-electron chi connectivity index (χ3n) is 4.94. The SMILES string of the molecule is CC(C)(C)OC(=O)NCc1ccccc1NC(=O)c1ccc(C(=O)NC(=N)NC(=O)OCc2ccccc2)[nH]1. The Bertz CT molecular complexity index is 1350. The van der Waals surface area contributed by atoms with Gasteiger partial charge in [-0.05, 0) is 50.1 Å². The van der Waals surface area contributed by atoms with E-state index in [-0.39, 0.29) is 24.5 Å². The van der Waals surface area contributed by atoms with E-state index in [1.54, 1.807) is 69.3 Å². The molecule has 0 spiro atoms. The molecule has 0 bridgehead atoms. The van der Waals surface area contributed by atoms with E-state index < -0.39 is 35.6 Å². The van der Waals surface area contributed by atoms with E-state index in [9.17, 15) is 19.2 Å². The summed E-state index contributed by atoms with van der Waals surface area (Å²) in [6.07, 6.45) is -1.50. The van der Waals surface area contributed by atoms with Gasteiger partial charge in [-0.25, -0.2) is 9.59 Å². The number of nitrogens with one attached hydrogen (secondary N) is 6. The summed E-state index contributed by atoms with van der Waals surface area (Å²) in [6, 6.07) is 18.6. The number of hydrogen-bond acceptors (Lipinski definition) is 7. The van der Waals surface area contributed by atoms with Crippen molar-refractivity contribution in [3.05, 3.63) is 89.2 Å². The Hall–Kier alpha value is -5.13. The second kappa shape index (κ2) is 12.9. The van der Waals surface area contributed by atoms with Crippen LogP contribution in [0.25, 0.3) is 0 Å². The molecule has 1 aromatic heterocycles. The number of aromatic amines is 1. The molecule has 0 aliphatic heterocycles. The van der Waals surface area contributed by atoms with Crippen LogP contribution in [0.4, 0.5) is 15.3 Å². The van der Waals surface area contributed by atoms with Crippen LogP contribution >= 0.6 is 0 Å². The molecule has 0 aliphatic carbocycles. The van der Waals surface area contributed by atoms with E-state index in [2.05, 4.69) is 26.3 Å². The summed E-state index contributed by atoms with van der Waals surface area (Å²) in [6.45, 7) is 5.39. The van der Waals surface area contributed by atoms with Crippen LogP contribution in [-0.4, -0.2) is 40.5 Å². The number of aromatic nitrogens is 1. The van der Waals surface area contributed by atoms with Crippen molar-refractivity contribution in [3.8, 4) is 0 Å². The number of benzene rings is 2. The molecular formula is C27H30N6O6. The maximum Gasteiger partial charge on any atom is 0.414 e. The molecular weight excluding hydrogens is 504 g/mol. The molecule has 39 heavy (non-hydrogen) atoms. The maximum absolute atomic E-state index is 12.8. The Balaban J connectivity index is 1.51. The van der Waals surface area contributed by atoms with Crippen molar-refractivity contribution >= 4 is 35.6 Å². The highest BCUT2D eigenvalue weighted by Gasteiger charge is 2.18. The van der Waals surface area contributed by atoms with Crippen molar-refractivity contribution < 1.29 is 28.7 Å². The van der Waals surface area contributed by atoms with Crippen LogP contribution in [0.1, 0.15) is 52.9 Å². The zero-order valence-corrected chi connectivity index (χ0v) is 21.7. The molecule has 0 saturated carbocycles. The summed E-state index contributed by atoms with van der Waals surface area (Å²) in [4.78, 5) is 51.8. The molecule has 0 aliphatic rings. The highest BCUT2D eigenvalue weighted by Crippen LogP contribution is 2.17. The fourth-order valence-corrected chi connectivity index (χ4v) is 3.20. The first kappa shape index (κ1) is 28.4. The molecule has 2 aromatic carbocycles. The van der Waals surface area contributed by atoms with Gasteiger partial charge in [-0.15, -0.1) is 0 Å². The first-order chi connectivity index (χ1) is 18.5. The molecule has 12 nitrogen and oxygen atoms in total. The Labute approximate surface area is 225 Å². The average Bonchev–Trinajstić information content (AvgIpc) is 3.37. The number of ether oxygens (including phenoxy) is 2. The number of rotatable bonds is 7. The lowest BCUT2D eigenvalue weighted by atomic mass is 10.1. The lowest BCUT2D eigenvalue weighted by Crippen LogP contribution is -2.43. The minimum Gasteiger partial charge on any atom is -0.444 e. The minimum absolute atomic E-state index is 0.00317. The summed E-state index contributed by atoms with van der Waals surface area (Å²) in [7, 11) is 0.